The average molecular weight is 220 g/mol. The first kappa shape index (κ1) is 16.9. The Labute approximate surface area is 92.8 Å². The molecule has 0 rings (SSSR count). The van der Waals surface area contributed by atoms with Gasteiger partial charge in [0.1, 0.15) is 0 Å². The van der Waals surface area contributed by atoms with Gasteiger partial charge in [0.2, 0.25) is 0 Å². The van der Waals surface area contributed by atoms with Crippen molar-refractivity contribution in [1.82, 2.24) is 5.32 Å². The Balaban J connectivity index is 0. The van der Waals surface area contributed by atoms with Gasteiger partial charge >= 0.3 is 0 Å². The molecule has 0 atom stereocenters. The van der Waals surface area contributed by atoms with Crippen LogP contribution in [0, 0.1) is 0 Å². The minimum absolute atomic E-state index is 0.653. The summed E-state index contributed by atoms with van der Waals surface area (Å²) in [4.78, 5) is 3.56. The average Bonchev–Trinajstić information content (AvgIpc) is 2.27. The maximum atomic E-state index is 5.06. The van der Waals surface area contributed by atoms with E-state index in [2.05, 4.69) is 17.0 Å². The molecule has 15 heavy (non-hydrogen) atoms. The zero-order valence-corrected chi connectivity index (χ0v) is 10.1. The van der Waals surface area contributed by atoms with Crippen LogP contribution in [-0.4, -0.2) is 60.6 Å². The Morgan fingerprint density at radius 3 is 1.87 bits per heavy atom. The lowest BCUT2D eigenvalue weighted by molar-refractivity contribution is 0.0385. The highest BCUT2D eigenvalue weighted by Gasteiger charge is 1.84. The van der Waals surface area contributed by atoms with Gasteiger partial charge in [-0.1, -0.05) is 6.92 Å². The summed E-state index contributed by atoms with van der Waals surface area (Å²) < 4.78 is 14.6. The number of rotatable bonds is 9. The zero-order valence-electron chi connectivity index (χ0n) is 10.1. The van der Waals surface area contributed by atoms with Crippen LogP contribution in [0.5, 0.6) is 0 Å². The summed E-state index contributed by atoms with van der Waals surface area (Å²) in [7, 11) is 3.30. The third kappa shape index (κ3) is 24.7. The van der Waals surface area contributed by atoms with Crippen LogP contribution >= 0.6 is 0 Å². The van der Waals surface area contributed by atoms with Crippen LogP contribution in [0.2, 0.25) is 0 Å². The Hall–Kier alpha value is -0.490. The fourth-order valence-corrected chi connectivity index (χ4v) is 0.577. The van der Waals surface area contributed by atoms with Crippen molar-refractivity contribution in [2.24, 2.45) is 4.99 Å². The van der Waals surface area contributed by atoms with Gasteiger partial charge in [0, 0.05) is 14.2 Å². The van der Waals surface area contributed by atoms with Gasteiger partial charge in [-0.3, -0.25) is 10.3 Å². The standard InChI is InChI=1S/C6H14O3.C4H10N2/c1-7-3-5-9-6-4-8-2;1-3-6-4-5-2/h3-6H2,1-2H3;6H,2-4H2,1H3. The van der Waals surface area contributed by atoms with E-state index in [1.807, 2.05) is 6.92 Å². The van der Waals surface area contributed by atoms with E-state index in [4.69, 9.17) is 14.2 Å². The summed E-state index contributed by atoms with van der Waals surface area (Å²) in [6.45, 7) is 9.59. The van der Waals surface area contributed by atoms with E-state index in [1.165, 1.54) is 0 Å². The molecule has 0 fully saturated rings. The summed E-state index contributed by atoms with van der Waals surface area (Å²) in [6, 6.07) is 0. The summed E-state index contributed by atoms with van der Waals surface area (Å²) in [5, 5.41) is 2.97. The molecular weight excluding hydrogens is 196 g/mol. The molecule has 0 radical (unpaired) electrons. The highest BCUT2D eigenvalue weighted by Crippen LogP contribution is 1.75. The number of ether oxygens (including phenoxy) is 3. The van der Waals surface area contributed by atoms with Gasteiger partial charge in [-0.05, 0) is 13.3 Å². The van der Waals surface area contributed by atoms with Crippen LogP contribution in [0.15, 0.2) is 4.99 Å². The fraction of sp³-hybridized carbons (Fsp3) is 0.900. The predicted octanol–water partition coefficient (Wildman–Crippen LogP) is 0.550. The largest absolute Gasteiger partial charge is 0.382 e. The maximum absolute atomic E-state index is 5.06. The van der Waals surface area contributed by atoms with Crippen molar-refractivity contribution < 1.29 is 14.2 Å². The van der Waals surface area contributed by atoms with Crippen LogP contribution in [-0.2, 0) is 14.2 Å². The Morgan fingerprint density at radius 2 is 1.60 bits per heavy atom. The van der Waals surface area contributed by atoms with E-state index in [9.17, 15) is 0 Å². The number of aliphatic imine (C=N–C) groups is 1. The third-order valence-corrected chi connectivity index (χ3v) is 1.34. The van der Waals surface area contributed by atoms with E-state index in [1.54, 1.807) is 14.2 Å². The monoisotopic (exact) mass is 220 g/mol. The molecule has 0 aliphatic rings. The van der Waals surface area contributed by atoms with Crippen LogP contribution in [0.3, 0.4) is 0 Å². The summed E-state index contributed by atoms with van der Waals surface area (Å²) in [6.07, 6.45) is 0. The summed E-state index contributed by atoms with van der Waals surface area (Å²) in [5.41, 5.74) is 0. The van der Waals surface area contributed by atoms with Crippen LogP contribution in [0.4, 0.5) is 0 Å². The van der Waals surface area contributed by atoms with Crippen molar-refractivity contribution in [1.29, 1.82) is 0 Å². The SMILES string of the molecule is C=NCNCC.COCCOCCOC. The first-order valence-corrected chi connectivity index (χ1v) is 5.02. The second-order valence-electron chi connectivity index (χ2n) is 2.58. The summed E-state index contributed by atoms with van der Waals surface area (Å²) in [5.74, 6) is 0. The van der Waals surface area contributed by atoms with Crippen molar-refractivity contribution >= 4 is 6.72 Å². The molecule has 0 spiro atoms. The minimum atomic E-state index is 0.653. The second kappa shape index (κ2) is 19.1. The minimum Gasteiger partial charge on any atom is -0.382 e. The number of hydrogen-bond acceptors (Lipinski definition) is 5. The van der Waals surface area contributed by atoms with Crippen LogP contribution < -0.4 is 5.32 Å². The van der Waals surface area contributed by atoms with E-state index < -0.39 is 0 Å². The van der Waals surface area contributed by atoms with E-state index >= 15 is 0 Å². The number of nitrogens with zero attached hydrogens (tertiary/aromatic N) is 1. The molecule has 0 heterocycles. The van der Waals surface area contributed by atoms with E-state index in [0.29, 0.717) is 33.1 Å². The van der Waals surface area contributed by atoms with Crippen LogP contribution in [0.25, 0.3) is 0 Å². The van der Waals surface area contributed by atoms with Crippen molar-refractivity contribution in [2.45, 2.75) is 6.92 Å². The molecule has 0 aliphatic carbocycles. The van der Waals surface area contributed by atoms with Gasteiger partial charge in [0.05, 0.1) is 33.1 Å². The molecule has 0 aromatic rings. The Bertz CT molecular complexity index is 107. The van der Waals surface area contributed by atoms with E-state index in [0.717, 1.165) is 6.54 Å². The van der Waals surface area contributed by atoms with Gasteiger partial charge in [-0.25, -0.2) is 0 Å². The molecule has 0 saturated heterocycles. The van der Waals surface area contributed by atoms with Gasteiger partial charge in [0.15, 0.2) is 0 Å². The molecule has 0 aromatic heterocycles. The number of nitrogens with one attached hydrogen (secondary N) is 1. The van der Waals surface area contributed by atoms with Crippen molar-refractivity contribution in [3.63, 3.8) is 0 Å². The molecule has 0 saturated carbocycles. The third-order valence-electron chi connectivity index (χ3n) is 1.34. The van der Waals surface area contributed by atoms with Gasteiger partial charge in [-0.15, -0.1) is 0 Å². The topological polar surface area (TPSA) is 52.1 Å². The number of hydrogen-bond donors (Lipinski definition) is 1. The van der Waals surface area contributed by atoms with E-state index in [-0.39, 0.29) is 0 Å². The number of methoxy groups -OCH3 is 2. The lowest BCUT2D eigenvalue weighted by Gasteiger charge is -2.00. The molecule has 1 N–H and O–H groups in total. The lowest BCUT2D eigenvalue weighted by atomic mass is 10.7. The first-order chi connectivity index (χ1) is 7.33. The Kier molecular flexibility index (Phi) is 21.6. The molecule has 0 amide bonds. The zero-order chi connectivity index (χ0) is 11.8. The fourth-order valence-electron chi connectivity index (χ4n) is 0.577. The molecule has 5 heteroatoms. The van der Waals surface area contributed by atoms with Gasteiger partial charge in [-0.2, -0.15) is 0 Å². The van der Waals surface area contributed by atoms with Gasteiger partial charge in [0.25, 0.3) is 0 Å². The van der Waals surface area contributed by atoms with Gasteiger partial charge < -0.3 is 14.2 Å². The molecule has 0 aromatic carbocycles. The van der Waals surface area contributed by atoms with Crippen molar-refractivity contribution in [2.75, 3.05) is 53.9 Å². The molecule has 5 nitrogen and oxygen atoms in total. The molecule has 0 bridgehead atoms. The van der Waals surface area contributed by atoms with Crippen LogP contribution in [0.1, 0.15) is 6.92 Å². The Morgan fingerprint density at radius 1 is 1.07 bits per heavy atom. The highest BCUT2D eigenvalue weighted by molar-refractivity contribution is 5.22. The predicted molar refractivity (Wildman–Crippen MR) is 62.7 cm³/mol. The summed E-state index contributed by atoms with van der Waals surface area (Å²) >= 11 is 0. The maximum Gasteiger partial charge on any atom is 0.0877 e. The molecule has 92 valence electrons. The first-order valence-electron chi connectivity index (χ1n) is 5.02. The quantitative estimate of drug-likeness (QED) is 0.455. The lowest BCUT2D eigenvalue weighted by Crippen LogP contribution is -2.11. The molecule has 0 aliphatic heterocycles. The highest BCUT2D eigenvalue weighted by atomic mass is 16.5. The molecule has 0 unspecified atom stereocenters. The normalized spacial score (nSPS) is 9.27. The molecular formula is C10H24N2O3. The second-order valence-corrected chi connectivity index (χ2v) is 2.58. The van der Waals surface area contributed by atoms with Crippen molar-refractivity contribution in [3.05, 3.63) is 0 Å². The smallest absolute Gasteiger partial charge is 0.0877 e. The van der Waals surface area contributed by atoms with Crippen molar-refractivity contribution in [3.8, 4) is 0 Å².